The van der Waals surface area contributed by atoms with E-state index in [4.69, 9.17) is 5.73 Å². The highest BCUT2D eigenvalue weighted by Gasteiger charge is 2.12. The molecular weight excluding hydrogens is 256 g/mol. The Morgan fingerprint density at radius 1 is 1.45 bits per heavy atom. The molecule has 0 saturated carbocycles. The van der Waals surface area contributed by atoms with Crippen molar-refractivity contribution in [3.8, 4) is 0 Å². The molecule has 3 N–H and O–H groups in total. The Balaban J connectivity index is 2.01. The van der Waals surface area contributed by atoms with Gasteiger partial charge in [-0.05, 0) is 18.2 Å². The van der Waals surface area contributed by atoms with Crippen molar-refractivity contribution in [1.29, 1.82) is 0 Å². The first-order valence-electron chi connectivity index (χ1n) is 6.31. The second-order valence-corrected chi connectivity index (χ2v) is 4.42. The van der Waals surface area contributed by atoms with Gasteiger partial charge in [0.05, 0.1) is 29.7 Å². The van der Waals surface area contributed by atoms with Crippen molar-refractivity contribution in [3.05, 3.63) is 41.7 Å². The van der Waals surface area contributed by atoms with E-state index in [1.54, 1.807) is 16.8 Å². The van der Waals surface area contributed by atoms with Gasteiger partial charge in [-0.3, -0.25) is 4.68 Å². The van der Waals surface area contributed by atoms with Crippen molar-refractivity contribution < 1.29 is 9.53 Å². The van der Waals surface area contributed by atoms with Gasteiger partial charge in [-0.1, -0.05) is 6.07 Å². The highest BCUT2D eigenvalue weighted by molar-refractivity contribution is 5.98. The maximum Gasteiger partial charge on any atom is 0.340 e. The second kappa shape index (κ2) is 6.10. The van der Waals surface area contributed by atoms with Crippen molar-refractivity contribution >= 4 is 17.3 Å². The van der Waals surface area contributed by atoms with Gasteiger partial charge in [0.25, 0.3) is 0 Å². The van der Waals surface area contributed by atoms with Crippen LogP contribution in [-0.4, -0.2) is 29.4 Å². The summed E-state index contributed by atoms with van der Waals surface area (Å²) in [6, 6.07) is 7.22. The van der Waals surface area contributed by atoms with E-state index in [0.717, 1.165) is 17.8 Å². The lowest BCUT2D eigenvalue weighted by Gasteiger charge is -2.11. The third-order valence-electron chi connectivity index (χ3n) is 2.98. The van der Waals surface area contributed by atoms with Crippen molar-refractivity contribution in [1.82, 2.24) is 9.78 Å². The molecule has 0 aliphatic carbocycles. The van der Waals surface area contributed by atoms with Gasteiger partial charge in [0.15, 0.2) is 0 Å². The molecule has 0 amide bonds. The summed E-state index contributed by atoms with van der Waals surface area (Å²) in [4.78, 5) is 11.5. The molecule has 6 heteroatoms. The molecule has 0 radical (unpaired) electrons. The average molecular weight is 274 g/mol. The number of nitrogens with one attached hydrogen (secondary N) is 1. The van der Waals surface area contributed by atoms with E-state index in [1.807, 2.05) is 25.4 Å². The summed E-state index contributed by atoms with van der Waals surface area (Å²) < 4.78 is 6.45. The zero-order valence-electron chi connectivity index (χ0n) is 11.6. The Morgan fingerprint density at radius 2 is 2.25 bits per heavy atom. The van der Waals surface area contributed by atoms with Gasteiger partial charge in [0.1, 0.15) is 0 Å². The number of nitrogen functional groups attached to an aromatic ring is 1. The smallest absolute Gasteiger partial charge is 0.340 e. The van der Waals surface area contributed by atoms with Crippen LogP contribution in [0.15, 0.2) is 30.5 Å². The number of rotatable bonds is 5. The molecule has 0 spiro atoms. The molecule has 1 heterocycles. The minimum absolute atomic E-state index is 0.371. The second-order valence-electron chi connectivity index (χ2n) is 4.42. The van der Waals surface area contributed by atoms with E-state index in [-0.39, 0.29) is 0 Å². The standard InChI is InChI=1S/C14H18N4O2/c1-18-9-7-10(17-18)6-8-16-12-5-3-4-11(13(12)15)14(19)20-2/h3-5,7,9,16H,6,8,15H2,1-2H3. The van der Waals surface area contributed by atoms with Crippen LogP contribution in [0.25, 0.3) is 0 Å². The van der Waals surface area contributed by atoms with E-state index in [9.17, 15) is 4.79 Å². The number of carbonyl (C=O) groups is 1. The summed E-state index contributed by atoms with van der Waals surface area (Å²) in [5.74, 6) is -0.434. The Kier molecular flexibility index (Phi) is 4.24. The van der Waals surface area contributed by atoms with Gasteiger partial charge in [-0.2, -0.15) is 5.10 Å². The first-order chi connectivity index (χ1) is 9.61. The molecular formula is C14H18N4O2. The van der Waals surface area contributed by atoms with Crippen molar-refractivity contribution in [2.24, 2.45) is 7.05 Å². The van der Waals surface area contributed by atoms with Gasteiger partial charge in [-0.15, -0.1) is 0 Å². The molecule has 2 rings (SSSR count). The maximum absolute atomic E-state index is 11.5. The number of hydrogen-bond donors (Lipinski definition) is 2. The van der Waals surface area contributed by atoms with Crippen LogP contribution in [0.2, 0.25) is 0 Å². The molecule has 0 aliphatic rings. The van der Waals surface area contributed by atoms with Crippen LogP contribution >= 0.6 is 0 Å². The molecule has 0 fully saturated rings. The lowest BCUT2D eigenvalue weighted by atomic mass is 10.1. The number of ether oxygens (including phenoxy) is 1. The fourth-order valence-corrected chi connectivity index (χ4v) is 1.93. The number of methoxy groups -OCH3 is 1. The zero-order chi connectivity index (χ0) is 14.5. The molecule has 0 unspecified atom stereocenters. The van der Waals surface area contributed by atoms with Crippen LogP contribution in [0, 0.1) is 0 Å². The number of carbonyl (C=O) groups excluding carboxylic acids is 1. The van der Waals surface area contributed by atoms with Gasteiger partial charge < -0.3 is 15.8 Å². The number of nitrogens with zero attached hydrogens (tertiary/aromatic N) is 2. The molecule has 106 valence electrons. The predicted octanol–water partition coefficient (Wildman–Crippen LogP) is 1.44. The first kappa shape index (κ1) is 13.9. The van der Waals surface area contributed by atoms with E-state index in [2.05, 4.69) is 15.2 Å². The molecule has 0 saturated heterocycles. The van der Waals surface area contributed by atoms with Crippen LogP contribution in [0.3, 0.4) is 0 Å². The monoisotopic (exact) mass is 274 g/mol. The summed E-state index contributed by atoms with van der Waals surface area (Å²) in [5.41, 5.74) is 8.46. The summed E-state index contributed by atoms with van der Waals surface area (Å²) in [5, 5.41) is 7.50. The van der Waals surface area contributed by atoms with Crippen molar-refractivity contribution in [2.45, 2.75) is 6.42 Å². The van der Waals surface area contributed by atoms with Crippen LogP contribution in [-0.2, 0) is 18.2 Å². The number of anilines is 2. The summed E-state index contributed by atoms with van der Waals surface area (Å²) in [6.07, 6.45) is 2.68. The highest BCUT2D eigenvalue weighted by Crippen LogP contribution is 2.23. The molecule has 6 nitrogen and oxygen atoms in total. The molecule has 0 aliphatic heterocycles. The number of para-hydroxylation sites is 1. The minimum Gasteiger partial charge on any atom is -0.465 e. The Morgan fingerprint density at radius 3 is 2.90 bits per heavy atom. The highest BCUT2D eigenvalue weighted by atomic mass is 16.5. The van der Waals surface area contributed by atoms with Crippen LogP contribution in [0.4, 0.5) is 11.4 Å². The van der Waals surface area contributed by atoms with Gasteiger partial charge >= 0.3 is 5.97 Å². The van der Waals surface area contributed by atoms with Gasteiger partial charge in [-0.25, -0.2) is 4.79 Å². The molecule has 20 heavy (non-hydrogen) atoms. The third-order valence-corrected chi connectivity index (χ3v) is 2.98. The fourth-order valence-electron chi connectivity index (χ4n) is 1.93. The lowest BCUT2D eigenvalue weighted by Crippen LogP contribution is -2.11. The van der Waals surface area contributed by atoms with Crippen molar-refractivity contribution in [2.75, 3.05) is 24.7 Å². The lowest BCUT2D eigenvalue weighted by molar-refractivity contribution is 0.0602. The van der Waals surface area contributed by atoms with Gasteiger partial charge in [0, 0.05) is 26.2 Å². The summed E-state index contributed by atoms with van der Waals surface area (Å²) in [6.45, 7) is 0.686. The SMILES string of the molecule is COC(=O)c1cccc(NCCc2ccn(C)n2)c1N. The Hall–Kier alpha value is -2.50. The first-order valence-corrected chi connectivity index (χ1v) is 6.31. The Bertz CT molecular complexity index is 607. The molecule has 2 aromatic rings. The average Bonchev–Trinajstić information content (AvgIpc) is 2.85. The van der Waals surface area contributed by atoms with E-state index in [0.29, 0.717) is 17.8 Å². The van der Waals surface area contributed by atoms with E-state index < -0.39 is 5.97 Å². The van der Waals surface area contributed by atoms with E-state index in [1.165, 1.54) is 7.11 Å². The predicted molar refractivity (Wildman–Crippen MR) is 77.6 cm³/mol. The third kappa shape index (κ3) is 3.09. The van der Waals surface area contributed by atoms with Crippen LogP contribution in [0.1, 0.15) is 16.1 Å². The Labute approximate surface area is 117 Å². The molecule has 1 aromatic heterocycles. The number of aryl methyl sites for hydroxylation is 1. The zero-order valence-corrected chi connectivity index (χ0v) is 11.6. The summed E-state index contributed by atoms with van der Waals surface area (Å²) in [7, 11) is 3.22. The number of benzene rings is 1. The maximum atomic E-state index is 11.5. The van der Waals surface area contributed by atoms with Crippen LogP contribution in [0.5, 0.6) is 0 Å². The molecule has 0 bridgehead atoms. The van der Waals surface area contributed by atoms with E-state index >= 15 is 0 Å². The quantitative estimate of drug-likeness (QED) is 0.637. The number of nitrogens with two attached hydrogens (primary N) is 1. The molecule has 1 aromatic carbocycles. The largest absolute Gasteiger partial charge is 0.465 e. The minimum atomic E-state index is -0.434. The molecule has 0 atom stereocenters. The van der Waals surface area contributed by atoms with Crippen LogP contribution < -0.4 is 11.1 Å². The summed E-state index contributed by atoms with van der Waals surface area (Å²) >= 11 is 0. The normalized spacial score (nSPS) is 10.3. The number of aromatic nitrogens is 2. The topological polar surface area (TPSA) is 82.2 Å². The van der Waals surface area contributed by atoms with Gasteiger partial charge in [0.2, 0.25) is 0 Å². The van der Waals surface area contributed by atoms with Crippen molar-refractivity contribution in [3.63, 3.8) is 0 Å². The number of esters is 1. The number of hydrogen-bond acceptors (Lipinski definition) is 5. The fraction of sp³-hybridized carbons (Fsp3) is 0.286.